The average Bonchev–Trinajstić information content (AvgIpc) is 2.75. The van der Waals surface area contributed by atoms with E-state index in [1.165, 1.54) is 19.3 Å². The molecular formula is C15H20ClN3. The van der Waals surface area contributed by atoms with Crippen LogP contribution in [0, 0.1) is 5.92 Å². The molecule has 1 aromatic heterocycles. The summed E-state index contributed by atoms with van der Waals surface area (Å²) in [6.45, 7) is 3.37. The number of benzene rings is 1. The first-order valence-corrected chi connectivity index (χ1v) is 7.42. The Labute approximate surface area is 119 Å². The van der Waals surface area contributed by atoms with Crippen molar-refractivity contribution in [2.24, 2.45) is 13.0 Å². The van der Waals surface area contributed by atoms with E-state index in [1.807, 2.05) is 18.2 Å². The van der Waals surface area contributed by atoms with Gasteiger partial charge in [0.15, 0.2) is 0 Å². The van der Waals surface area contributed by atoms with Crippen molar-refractivity contribution < 1.29 is 0 Å². The van der Waals surface area contributed by atoms with Crippen LogP contribution in [0.4, 0.5) is 0 Å². The van der Waals surface area contributed by atoms with Gasteiger partial charge in [-0.05, 0) is 43.5 Å². The molecule has 0 spiro atoms. The summed E-state index contributed by atoms with van der Waals surface area (Å²) in [6.07, 6.45) is 3.72. The number of aryl methyl sites for hydroxylation is 1. The Balaban J connectivity index is 1.98. The SMILES string of the molecule is CCC1CCNC(c2nc3cc(Cl)ccc3n2C)C1. The summed E-state index contributed by atoms with van der Waals surface area (Å²) < 4.78 is 2.20. The molecule has 3 nitrogen and oxygen atoms in total. The van der Waals surface area contributed by atoms with Crippen molar-refractivity contribution >= 4 is 22.6 Å². The van der Waals surface area contributed by atoms with E-state index in [9.17, 15) is 0 Å². The highest BCUT2D eigenvalue weighted by Gasteiger charge is 2.25. The molecule has 1 N–H and O–H groups in total. The lowest BCUT2D eigenvalue weighted by Crippen LogP contribution is -2.33. The second-order valence-electron chi connectivity index (χ2n) is 5.47. The zero-order chi connectivity index (χ0) is 13.4. The van der Waals surface area contributed by atoms with Gasteiger partial charge in [0, 0.05) is 12.1 Å². The Kier molecular flexibility index (Phi) is 3.50. The molecule has 4 heteroatoms. The van der Waals surface area contributed by atoms with E-state index >= 15 is 0 Å². The number of halogens is 1. The Morgan fingerprint density at radius 3 is 3.11 bits per heavy atom. The summed E-state index contributed by atoms with van der Waals surface area (Å²) in [7, 11) is 2.09. The number of rotatable bonds is 2. The van der Waals surface area contributed by atoms with Gasteiger partial charge in [-0.15, -0.1) is 0 Å². The molecule has 2 aromatic rings. The van der Waals surface area contributed by atoms with Gasteiger partial charge in [0.05, 0.1) is 17.1 Å². The maximum absolute atomic E-state index is 6.05. The molecule has 2 unspecified atom stereocenters. The minimum Gasteiger partial charge on any atom is -0.330 e. The van der Waals surface area contributed by atoms with Gasteiger partial charge in [0.1, 0.15) is 5.82 Å². The van der Waals surface area contributed by atoms with Crippen molar-refractivity contribution in [1.82, 2.24) is 14.9 Å². The molecule has 1 fully saturated rings. The number of nitrogens with zero attached hydrogens (tertiary/aromatic N) is 2. The summed E-state index contributed by atoms with van der Waals surface area (Å²) in [5.41, 5.74) is 2.14. The molecule has 1 aliphatic rings. The van der Waals surface area contributed by atoms with Crippen LogP contribution in [0.15, 0.2) is 18.2 Å². The van der Waals surface area contributed by atoms with Crippen molar-refractivity contribution in [2.45, 2.75) is 32.2 Å². The van der Waals surface area contributed by atoms with Crippen molar-refractivity contribution in [2.75, 3.05) is 6.54 Å². The number of nitrogens with one attached hydrogen (secondary N) is 1. The van der Waals surface area contributed by atoms with Gasteiger partial charge in [0.25, 0.3) is 0 Å². The molecule has 102 valence electrons. The Morgan fingerprint density at radius 1 is 1.47 bits per heavy atom. The summed E-state index contributed by atoms with van der Waals surface area (Å²) >= 11 is 6.05. The molecule has 0 radical (unpaired) electrons. The van der Waals surface area contributed by atoms with Crippen LogP contribution in [0.2, 0.25) is 5.02 Å². The summed E-state index contributed by atoms with van der Waals surface area (Å²) in [5.74, 6) is 1.95. The smallest absolute Gasteiger partial charge is 0.126 e. The normalized spacial score (nSPS) is 23.9. The number of hydrogen-bond acceptors (Lipinski definition) is 2. The number of fused-ring (bicyclic) bond motifs is 1. The fourth-order valence-corrected chi connectivity index (χ4v) is 3.23. The van der Waals surface area contributed by atoms with Crippen LogP contribution in [0.5, 0.6) is 0 Å². The molecule has 19 heavy (non-hydrogen) atoms. The molecule has 1 aliphatic heterocycles. The molecule has 1 saturated heterocycles. The van der Waals surface area contributed by atoms with E-state index in [0.29, 0.717) is 6.04 Å². The zero-order valence-corrected chi connectivity index (χ0v) is 12.2. The first-order chi connectivity index (χ1) is 9.19. The molecule has 2 atom stereocenters. The van der Waals surface area contributed by atoms with Crippen LogP contribution in [0.3, 0.4) is 0 Å². The molecule has 3 rings (SSSR count). The Morgan fingerprint density at radius 2 is 2.32 bits per heavy atom. The van der Waals surface area contributed by atoms with Crippen LogP contribution in [-0.4, -0.2) is 16.1 Å². The van der Waals surface area contributed by atoms with E-state index in [-0.39, 0.29) is 0 Å². The molecule has 2 heterocycles. The van der Waals surface area contributed by atoms with E-state index in [1.54, 1.807) is 0 Å². The van der Waals surface area contributed by atoms with Crippen molar-refractivity contribution in [1.29, 1.82) is 0 Å². The predicted octanol–water partition coefficient (Wildman–Crippen LogP) is 3.68. The standard InChI is InChI=1S/C15H20ClN3/c1-3-10-6-7-17-13(8-10)15-18-12-9-11(16)4-5-14(12)19(15)2/h4-5,9-10,13,17H,3,6-8H2,1-2H3. The van der Waals surface area contributed by atoms with Crippen molar-refractivity contribution in [3.8, 4) is 0 Å². The molecule has 1 aromatic carbocycles. The maximum Gasteiger partial charge on any atom is 0.126 e. The van der Waals surface area contributed by atoms with Gasteiger partial charge in [-0.1, -0.05) is 24.9 Å². The Hall–Kier alpha value is -1.06. The highest BCUT2D eigenvalue weighted by molar-refractivity contribution is 6.31. The van der Waals surface area contributed by atoms with Crippen LogP contribution < -0.4 is 5.32 Å². The topological polar surface area (TPSA) is 29.9 Å². The number of imidazole rings is 1. The zero-order valence-electron chi connectivity index (χ0n) is 11.5. The van der Waals surface area contributed by atoms with E-state index in [2.05, 4.69) is 23.9 Å². The fraction of sp³-hybridized carbons (Fsp3) is 0.533. The Bertz CT molecular complexity index is 590. The van der Waals surface area contributed by atoms with Crippen molar-refractivity contribution in [3.05, 3.63) is 29.0 Å². The molecular weight excluding hydrogens is 258 g/mol. The van der Waals surface area contributed by atoms with E-state index in [0.717, 1.165) is 34.3 Å². The predicted molar refractivity (Wildman–Crippen MR) is 79.5 cm³/mol. The van der Waals surface area contributed by atoms with Gasteiger partial charge in [-0.3, -0.25) is 0 Å². The number of hydrogen-bond donors (Lipinski definition) is 1. The first-order valence-electron chi connectivity index (χ1n) is 7.04. The minimum atomic E-state index is 0.370. The largest absolute Gasteiger partial charge is 0.330 e. The van der Waals surface area contributed by atoms with Crippen LogP contribution in [-0.2, 0) is 7.05 Å². The highest BCUT2D eigenvalue weighted by atomic mass is 35.5. The summed E-state index contributed by atoms with van der Waals surface area (Å²) in [5, 5.41) is 4.35. The monoisotopic (exact) mass is 277 g/mol. The average molecular weight is 278 g/mol. The van der Waals surface area contributed by atoms with Gasteiger partial charge >= 0.3 is 0 Å². The summed E-state index contributed by atoms with van der Waals surface area (Å²) in [4.78, 5) is 4.78. The lowest BCUT2D eigenvalue weighted by Gasteiger charge is -2.29. The summed E-state index contributed by atoms with van der Waals surface area (Å²) in [6, 6.07) is 6.29. The lowest BCUT2D eigenvalue weighted by molar-refractivity contribution is 0.288. The van der Waals surface area contributed by atoms with Gasteiger partial charge < -0.3 is 9.88 Å². The van der Waals surface area contributed by atoms with Crippen molar-refractivity contribution in [3.63, 3.8) is 0 Å². The second kappa shape index (κ2) is 5.14. The maximum atomic E-state index is 6.05. The molecule has 0 bridgehead atoms. The lowest BCUT2D eigenvalue weighted by atomic mass is 9.90. The number of piperidine rings is 1. The second-order valence-corrected chi connectivity index (χ2v) is 5.90. The molecule has 0 amide bonds. The number of aromatic nitrogens is 2. The third kappa shape index (κ3) is 2.37. The highest BCUT2D eigenvalue weighted by Crippen LogP contribution is 2.30. The molecule has 0 saturated carbocycles. The molecule has 0 aliphatic carbocycles. The minimum absolute atomic E-state index is 0.370. The van der Waals surface area contributed by atoms with E-state index < -0.39 is 0 Å². The fourth-order valence-electron chi connectivity index (χ4n) is 3.07. The first kappa shape index (κ1) is 12.9. The van der Waals surface area contributed by atoms with E-state index in [4.69, 9.17) is 16.6 Å². The van der Waals surface area contributed by atoms with Gasteiger partial charge in [0.2, 0.25) is 0 Å². The quantitative estimate of drug-likeness (QED) is 0.908. The third-order valence-corrected chi connectivity index (χ3v) is 4.51. The van der Waals surface area contributed by atoms with Crippen LogP contribution >= 0.6 is 11.6 Å². The van der Waals surface area contributed by atoms with Crippen LogP contribution in [0.1, 0.15) is 38.1 Å². The van der Waals surface area contributed by atoms with Crippen LogP contribution in [0.25, 0.3) is 11.0 Å². The van der Waals surface area contributed by atoms with Gasteiger partial charge in [-0.25, -0.2) is 4.98 Å². The van der Waals surface area contributed by atoms with Gasteiger partial charge in [-0.2, -0.15) is 0 Å². The third-order valence-electron chi connectivity index (χ3n) is 4.28.